The van der Waals surface area contributed by atoms with Crippen LogP contribution in [0.4, 0.5) is 5.69 Å². The van der Waals surface area contributed by atoms with E-state index in [0.29, 0.717) is 5.92 Å². The van der Waals surface area contributed by atoms with E-state index >= 15 is 0 Å². The van der Waals surface area contributed by atoms with Crippen LogP contribution in [0, 0.1) is 5.92 Å². The van der Waals surface area contributed by atoms with Crippen molar-refractivity contribution in [2.75, 3.05) is 5.73 Å². The Hall–Kier alpha value is -1.55. The van der Waals surface area contributed by atoms with Crippen LogP contribution in [0.3, 0.4) is 0 Å². The number of nitrogens with zero attached hydrogens (tertiary/aromatic N) is 2. The van der Waals surface area contributed by atoms with Gasteiger partial charge in [-0.05, 0) is 43.4 Å². The number of hydrogen-bond acceptors (Lipinski definition) is 3. The van der Waals surface area contributed by atoms with E-state index in [-0.39, 0.29) is 6.10 Å². The molecule has 1 saturated carbocycles. The summed E-state index contributed by atoms with van der Waals surface area (Å²) < 4.78 is 2.32. The topological polar surface area (TPSA) is 64.1 Å². The van der Waals surface area contributed by atoms with Crippen LogP contribution in [0.15, 0.2) is 18.2 Å². The predicted molar refractivity (Wildman–Crippen MR) is 81.5 cm³/mol. The first-order chi connectivity index (χ1) is 9.67. The highest BCUT2D eigenvalue weighted by molar-refractivity contribution is 5.79. The van der Waals surface area contributed by atoms with Crippen LogP contribution in [0.25, 0.3) is 11.0 Å². The molecule has 0 aliphatic heterocycles. The Bertz CT molecular complexity index is 605. The molecular formula is C16H23N3O. The number of aromatic nitrogens is 2. The van der Waals surface area contributed by atoms with E-state index in [0.717, 1.165) is 54.8 Å². The predicted octanol–water partition coefficient (Wildman–Crippen LogP) is 2.73. The van der Waals surface area contributed by atoms with Crippen molar-refractivity contribution in [1.29, 1.82) is 0 Å². The van der Waals surface area contributed by atoms with Gasteiger partial charge in [0.15, 0.2) is 0 Å². The molecule has 3 rings (SSSR count). The lowest BCUT2D eigenvalue weighted by atomic mass is 9.87. The molecule has 3 N–H and O–H groups in total. The number of aryl methyl sites for hydroxylation is 1. The van der Waals surface area contributed by atoms with E-state index in [1.807, 2.05) is 12.1 Å². The lowest BCUT2D eigenvalue weighted by molar-refractivity contribution is 0.0955. The maximum absolute atomic E-state index is 9.84. The van der Waals surface area contributed by atoms with Crippen molar-refractivity contribution >= 4 is 16.7 Å². The Balaban J connectivity index is 1.93. The van der Waals surface area contributed by atoms with Gasteiger partial charge in [-0.25, -0.2) is 4.98 Å². The van der Waals surface area contributed by atoms with E-state index in [1.165, 1.54) is 6.42 Å². The molecule has 1 heterocycles. The largest absolute Gasteiger partial charge is 0.399 e. The molecule has 1 aliphatic rings. The Morgan fingerprint density at radius 3 is 3.00 bits per heavy atom. The quantitative estimate of drug-likeness (QED) is 0.845. The summed E-state index contributed by atoms with van der Waals surface area (Å²) in [7, 11) is 0. The van der Waals surface area contributed by atoms with Crippen molar-refractivity contribution in [2.24, 2.45) is 5.92 Å². The second-order valence-electron chi connectivity index (χ2n) is 5.93. The van der Waals surface area contributed by atoms with E-state index in [4.69, 9.17) is 10.7 Å². The molecule has 1 aromatic carbocycles. The molecule has 0 radical (unpaired) electrons. The fourth-order valence-corrected chi connectivity index (χ4v) is 3.36. The maximum atomic E-state index is 9.84. The number of aliphatic hydroxyl groups excluding tert-OH is 1. The lowest BCUT2D eigenvalue weighted by Gasteiger charge is -2.26. The second-order valence-corrected chi connectivity index (χ2v) is 5.93. The first-order valence-electron chi connectivity index (χ1n) is 7.60. The van der Waals surface area contributed by atoms with Crippen molar-refractivity contribution < 1.29 is 5.11 Å². The summed E-state index contributed by atoms with van der Waals surface area (Å²) in [5, 5.41) is 9.84. The molecule has 2 aromatic rings. The van der Waals surface area contributed by atoms with Gasteiger partial charge in [0, 0.05) is 18.7 Å². The molecule has 2 atom stereocenters. The van der Waals surface area contributed by atoms with Gasteiger partial charge in [-0.1, -0.05) is 13.3 Å². The van der Waals surface area contributed by atoms with Gasteiger partial charge in [-0.15, -0.1) is 0 Å². The summed E-state index contributed by atoms with van der Waals surface area (Å²) in [6.07, 6.45) is 5.01. The third kappa shape index (κ3) is 2.52. The van der Waals surface area contributed by atoms with Gasteiger partial charge in [0.1, 0.15) is 5.82 Å². The monoisotopic (exact) mass is 273 g/mol. The number of rotatable bonds is 3. The molecule has 2 unspecified atom stereocenters. The van der Waals surface area contributed by atoms with Gasteiger partial charge in [0.25, 0.3) is 0 Å². The highest BCUT2D eigenvalue weighted by atomic mass is 16.3. The number of imidazole rings is 1. The minimum absolute atomic E-state index is 0.121. The summed E-state index contributed by atoms with van der Waals surface area (Å²) in [5.41, 5.74) is 8.75. The van der Waals surface area contributed by atoms with Crippen LogP contribution < -0.4 is 5.73 Å². The molecule has 0 bridgehead atoms. The van der Waals surface area contributed by atoms with Crippen molar-refractivity contribution in [1.82, 2.24) is 9.55 Å². The third-order valence-corrected chi connectivity index (χ3v) is 4.36. The van der Waals surface area contributed by atoms with Crippen LogP contribution in [0.5, 0.6) is 0 Å². The molecule has 0 spiro atoms. The van der Waals surface area contributed by atoms with Gasteiger partial charge >= 0.3 is 0 Å². The zero-order valence-electron chi connectivity index (χ0n) is 12.0. The molecule has 20 heavy (non-hydrogen) atoms. The van der Waals surface area contributed by atoms with Crippen molar-refractivity contribution in [3.63, 3.8) is 0 Å². The Kier molecular flexibility index (Phi) is 3.66. The van der Waals surface area contributed by atoms with E-state index in [2.05, 4.69) is 17.6 Å². The van der Waals surface area contributed by atoms with Crippen LogP contribution in [-0.2, 0) is 13.0 Å². The first kappa shape index (κ1) is 13.4. The minimum atomic E-state index is -0.121. The fraction of sp³-hybridized carbons (Fsp3) is 0.562. The van der Waals surface area contributed by atoms with Gasteiger partial charge in [0.05, 0.1) is 17.1 Å². The van der Waals surface area contributed by atoms with Crippen molar-refractivity contribution in [3.05, 3.63) is 24.0 Å². The van der Waals surface area contributed by atoms with Crippen LogP contribution in [0.2, 0.25) is 0 Å². The van der Waals surface area contributed by atoms with E-state index in [9.17, 15) is 5.11 Å². The molecule has 4 heteroatoms. The highest BCUT2D eigenvalue weighted by Crippen LogP contribution is 2.28. The Morgan fingerprint density at radius 1 is 1.40 bits per heavy atom. The molecule has 4 nitrogen and oxygen atoms in total. The molecule has 0 saturated heterocycles. The number of hydrogen-bond donors (Lipinski definition) is 2. The van der Waals surface area contributed by atoms with Gasteiger partial charge < -0.3 is 15.4 Å². The zero-order chi connectivity index (χ0) is 14.1. The molecule has 1 aliphatic carbocycles. The molecular weight excluding hydrogens is 250 g/mol. The second kappa shape index (κ2) is 5.44. The van der Waals surface area contributed by atoms with Gasteiger partial charge in [-0.2, -0.15) is 0 Å². The normalized spacial score (nSPS) is 23.3. The smallest absolute Gasteiger partial charge is 0.109 e. The number of aliphatic hydroxyl groups is 1. The minimum Gasteiger partial charge on any atom is -0.399 e. The number of nitrogen functional groups attached to an aromatic ring is 1. The number of anilines is 1. The van der Waals surface area contributed by atoms with Crippen LogP contribution >= 0.6 is 0 Å². The van der Waals surface area contributed by atoms with Crippen molar-refractivity contribution in [3.8, 4) is 0 Å². The van der Waals surface area contributed by atoms with Crippen LogP contribution in [-0.4, -0.2) is 20.8 Å². The Labute approximate surface area is 119 Å². The first-order valence-corrected chi connectivity index (χ1v) is 7.60. The summed E-state index contributed by atoms with van der Waals surface area (Å²) in [5.74, 6) is 1.67. The molecule has 1 aromatic heterocycles. The number of fused-ring (bicyclic) bond motifs is 1. The van der Waals surface area contributed by atoms with Crippen molar-refractivity contribution in [2.45, 2.75) is 51.7 Å². The molecule has 0 amide bonds. The summed E-state index contributed by atoms with van der Waals surface area (Å²) in [6.45, 7) is 3.09. The third-order valence-electron chi connectivity index (χ3n) is 4.36. The van der Waals surface area contributed by atoms with Gasteiger partial charge in [-0.3, -0.25) is 0 Å². The lowest BCUT2D eigenvalue weighted by Crippen LogP contribution is -2.23. The maximum Gasteiger partial charge on any atom is 0.109 e. The summed E-state index contributed by atoms with van der Waals surface area (Å²) in [4.78, 5) is 4.70. The summed E-state index contributed by atoms with van der Waals surface area (Å²) >= 11 is 0. The van der Waals surface area contributed by atoms with Crippen LogP contribution in [0.1, 0.15) is 38.4 Å². The van der Waals surface area contributed by atoms with Gasteiger partial charge in [0.2, 0.25) is 0 Å². The van der Waals surface area contributed by atoms with E-state index in [1.54, 1.807) is 0 Å². The average molecular weight is 273 g/mol. The number of nitrogens with two attached hydrogens (primary N) is 1. The zero-order valence-corrected chi connectivity index (χ0v) is 12.0. The number of benzene rings is 1. The standard InChI is InChI=1S/C16H23N3O/c1-2-16-18-14-9-12(17)6-7-15(14)19(16)10-11-4-3-5-13(20)8-11/h6-7,9,11,13,20H,2-5,8,10,17H2,1H3. The highest BCUT2D eigenvalue weighted by Gasteiger charge is 2.22. The molecule has 1 fully saturated rings. The Morgan fingerprint density at radius 2 is 2.25 bits per heavy atom. The average Bonchev–Trinajstić information content (AvgIpc) is 2.76. The molecule has 108 valence electrons. The summed E-state index contributed by atoms with van der Waals surface area (Å²) in [6, 6.07) is 5.95. The SMILES string of the molecule is CCc1nc2cc(N)ccc2n1CC1CCCC(O)C1. The van der Waals surface area contributed by atoms with E-state index < -0.39 is 0 Å². The fourth-order valence-electron chi connectivity index (χ4n) is 3.36.